The molecule has 3 amide bonds. The summed E-state index contributed by atoms with van der Waals surface area (Å²) in [5, 5.41) is 13.0. The average molecular weight is 231 g/mol. The summed E-state index contributed by atoms with van der Waals surface area (Å²) in [4.78, 5) is 32.7. The number of urea groups is 1. The molecule has 16 heavy (non-hydrogen) atoms. The molecular formula is C9H17N3O4. The topological polar surface area (TPSA) is 122 Å². The van der Waals surface area contributed by atoms with Crippen molar-refractivity contribution in [2.75, 3.05) is 0 Å². The van der Waals surface area contributed by atoms with Crippen LogP contribution in [0.25, 0.3) is 0 Å². The molecule has 0 spiro atoms. The number of rotatable bonds is 5. The Bertz CT molecular complexity index is 290. The molecule has 92 valence electrons. The van der Waals surface area contributed by atoms with Crippen molar-refractivity contribution in [3.8, 4) is 0 Å². The smallest absolute Gasteiger partial charge is 0.325 e. The molecule has 0 heterocycles. The maximum absolute atomic E-state index is 11.3. The molecule has 7 heteroatoms. The summed E-state index contributed by atoms with van der Waals surface area (Å²) in [7, 11) is 0. The molecule has 1 unspecified atom stereocenters. The number of carbonyl (C=O) groups excluding carboxylic acids is 2. The second-order valence-electron chi connectivity index (χ2n) is 3.80. The Kier molecular flexibility index (Phi) is 5.27. The number of aliphatic carboxylic acids is 1. The van der Waals surface area contributed by atoms with Crippen molar-refractivity contribution in [1.82, 2.24) is 10.6 Å². The van der Waals surface area contributed by atoms with Gasteiger partial charge in [0.15, 0.2) is 0 Å². The van der Waals surface area contributed by atoms with Crippen molar-refractivity contribution in [3.05, 3.63) is 0 Å². The normalized spacial score (nSPS) is 14.0. The van der Waals surface area contributed by atoms with Gasteiger partial charge in [-0.05, 0) is 12.8 Å². The number of nitrogens with two attached hydrogens (primary N) is 1. The van der Waals surface area contributed by atoms with Crippen molar-refractivity contribution in [2.45, 2.75) is 32.9 Å². The van der Waals surface area contributed by atoms with Gasteiger partial charge in [-0.3, -0.25) is 9.59 Å². The van der Waals surface area contributed by atoms with Crippen LogP contribution in [0.15, 0.2) is 0 Å². The van der Waals surface area contributed by atoms with Gasteiger partial charge >= 0.3 is 12.0 Å². The molecule has 0 aliphatic rings. The van der Waals surface area contributed by atoms with Crippen LogP contribution in [-0.4, -0.2) is 35.1 Å². The fourth-order valence-corrected chi connectivity index (χ4v) is 1.01. The second-order valence-corrected chi connectivity index (χ2v) is 3.80. The van der Waals surface area contributed by atoms with E-state index >= 15 is 0 Å². The van der Waals surface area contributed by atoms with Gasteiger partial charge in [-0.2, -0.15) is 0 Å². The largest absolute Gasteiger partial charge is 0.480 e. The van der Waals surface area contributed by atoms with E-state index in [4.69, 9.17) is 10.8 Å². The first-order valence-corrected chi connectivity index (χ1v) is 4.84. The third kappa shape index (κ3) is 4.63. The van der Waals surface area contributed by atoms with Crippen LogP contribution < -0.4 is 16.4 Å². The van der Waals surface area contributed by atoms with E-state index in [-0.39, 0.29) is 5.92 Å². The van der Waals surface area contributed by atoms with E-state index in [1.165, 1.54) is 6.92 Å². The summed E-state index contributed by atoms with van der Waals surface area (Å²) >= 11 is 0. The molecule has 0 aromatic rings. The number of carbonyl (C=O) groups is 3. The minimum Gasteiger partial charge on any atom is -0.480 e. The first kappa shape index (κ1) is 14.2. The van der Waals surface area contributed by atoms with E-state index in [1.54, 1.807) is 13.8 Å². The van der Waals surface area contributed by atoms with Crippen LogP contribution in [0.3, 0.4) is 0 Å². The van der Waals surface area contributed by atoms with Crippen LogP contribution in [0.1, 0.15) is 20.8 Å². The van der Waals surface area contributed by atoms with Crippen LogP contribution in [0, 0.1) is 5.92 Å². The maximum Gasteiger partial charge on any atom is 0.325 e. The molecule has 5 N–H and O–H groups in total. The minimum atomic E-state index is -1.16. The molecule has 0 aliphatic heterocycles. The van der Waals surface area contributed by atoms with Gasteiger partial charge in [0.25, 0.3) is 0 Å². The Morgan fingerprint density at radius 3 is 1.94 bits per heavy atom. The van der Waals surface area contributed by atoms with Crippen molar-refractivity contribution in [1.29, 1.82) is 0 Å². The first-order valence-electron chi connectivity index (χ1n) is 4.84. The highest BCUT2D eigenvalue weighted by molar-refractivity contribution is 5.88. The monoisotopic (exact) mass is 231 g/mol. The predicted octanol–water partition coefficient (Wildman–Crippen LogP) is -0.731. The Morgan fingerprint density at radius 1 is 1.12 bits per heavy atom. The lowest BCUT2D eigenvalue weighted by Crippen LogP contribution is -2.53. The fourth-order valence-electron chi connectivity index (χ4n) is 1.01. The molecule has 0 saturated heterocycles. The van der Waals surface area contributed by atoms with Gasteiger partial charge < -0.3 is 21.5 Å². The molecule has 2 atom stereocenters. The lowest BCUT2D eigenvalue weighted by molar-refractivity contribution is -0.138. The van der Waals surface area contributed by atoms with Gasteiger partial charge in [0.05, 0.1) is 0 Å². The summed E-state index contributed by atoms with van der Waals surface area (Å²) in [6.07, 6.45) is 0. The molecule has 0 aliphatic carbocycles. The molecule has 0 saturated carbocycles. The summed E-state index contributed by atoms with van der Waals surface area (Å²) < 4.78 is 0. The number of hydrogen-bond donors (Lipinski definition) is 4. The zero-order valence-corrected chi connectivity index (χ0v) is 9.48. The zero-order valence-electron chi connectivity index (χ0n) is 9.48. The fraction of sp³-hybridized carbons (Fsp3) is 0.667. The Balaban J connectivity index is 4.31. The molecule has 0 fully saturated rings. The Hall–Kier alpha value is -1.79. The van der Waals surface area contributed by atoms with E-state index in [1.807, 2.05) is 0 Å². The molecule has 0 bridgehead atoms. The van der Waals surface area contributed by atoms with Crippen molar-refractivity contribution >= 4 is 17.9 Å². The Labute approximate surface area is 93.4 Å². The van der Waals surface area contributed by atoms with E-state index < -0.39 is 30.0 Å². The zero-order chi connectivity index (χ0) is 12.9. The van der Waals surface area contributed by atoms with Crippen LogP contribution in [-0.2, 0) is 9.59 Å². The van der Waals surface area contributed by atoms with Crippen LogP contribution in [0.5, 0.6) is 0 Å². The van der Waals surface area contributed by atoms with Crippen LogP contribution in [0.4, 0.5) is 4.79 Å². The highest BCUT2D eigenvalue weighted by Gasteiger charge is 2.23. The van der Waals surface area contributed by atoms with Crippen molar-refractivity contribution in [3.63, 3.8) is 0 Å². The van der Waals surface area contributed by atoms with E-state index in [0.29, 0.717) is 0 Å². The molecule has 7 nitrogen and oxygen atoms in total. The average Bonchev–Trinajstić information content (AvgIpc) is 2.12. The van der Waals surface area contributed by atoms with E-state index in [2.05, 4.69) is 10.6 Å². The molecular weight excluding hydrogens is 214 g/mol. The summed E-state index contributed by atoms with van der Waals surface area (Å²) in [6, 6.07) is -2.57. The third-order valence-electron chi connectivity index (χ3n) is 1.98. The molecule has 0 rings (SSSR count). The molecule has 0 aromatic carbocycles. The minimum absolute atomic E-state index is 0.164. The molecule has 0 aromatic heterocycles. The maximum atomic E-state index is 11.3. The standard InChI is InChI=1S/C9H17N3O4/c1-4(2)6(7(10)13)12-9(16)11-5(3)8(14)15/h4-6H,1-3H3,(H2,10,13)(H,14,15)(H2,11,12,16)/t5-,6?/m0/s1. The van der Waals surface area contributed by atoms with Crippen molar-refractivity contribution in [2.24, 2.45) is 11.7 Å². The highest BCUT2D eigenvalue weighted by atomic mass is 16.4. The van der Waals surface area contributed by atoms with Gasteiger partial charge in [0.1, 0.15) is 12.1 Å². The number of amides is 3. The number of primary amides is 1. The lowest BCUT2D eigenvalue weighted by Gasteiger charge is -2.20. The summed E-state index contributed by atoms with van der Waals surface area (Å²) in [5.41, 5.74) is 5.08. The van der Waals surface area contributed by atoms with E-state index in [0.717, 1.165) is 0 Å². The number of hydrogen-bond acceptors (Lipinski definition) is 3. The first-order chi connectivity index (χ1) is 7.25. The number of carboxylic acid groups (broad SMARTS) is 1. The highest BCUT2D eigenvalue weighted by Crippen LogP contribution is 2.00. The molecule has 0 radical (unpaired) electrons. The third-order valence-corrected chi connectivity index (χ3v) is 1.98. The lowest BCUT2D eigenvalue weighted by atomic mass is 10.0. The summed E-state index contributed by atoms with van der Waals surface area (Å²) in [6.45, 7) is 4.75. The summed E-state index contributed by atoms with van der Waals surface area (Å²) in [5.74, 6) is -1.98. The van der Waals surface area contributed by atoms with Crippen LogP contribution in [0.2, 0.25) is 0 Å². The van der Waals surface area contributed by atoms with Crippen molar-refractivity contribution < 1.29 is 19.5 Å². The van der Waals surface area contributed by atoms with Gasteiger partial charge in [0, 0.05) is 0 Å². The SMILES string of the molecule is CC(C)C(NC(=O)N[C@@H](C)C(=O)O)C(N)=O. The second kappa shape index (κ2) is 5.94. The number of carboxylic acids is 1. The number of nitrogens with one attached hydrogen (secondary N) is 2. The van der Waals surface area contributed by atoms with Gasteiger partial charge in [0.2, 0.25) is 5.91 Å². The Morgan fingerprint density at radius 2 is 1.62 bits per heavy atom. The van der Waals surface area contributed by atoms with Crippen LogP contribution >= 0.6 is 0 Å². The quantitative estimate of drug-likeness (QED) is 0.498. The van der Waals surface area contributed by atoms with Gasteiger partial charge in [-0.15, -0.1) is 0 Å². The van der Waals surface area contributed by atoms with E-state index in [9.17, 15) is 14.4 Å². The van der Waals surface area contributed by atoms with Gasteiger partial charge in [-0.1, -0.05) is 13.8 Å². The predicted molar refractivity (Wildman–Crippen MR) is 56.6 cm³/mol. The van der Waals surface area contributed by atoms with Gasteiger partial charge in [-0.25, -0.2) is 4.79 Å².